The van der Waals surface area contributed by atoms with Crippen molar-refractivity contribution < 1.29 is 22.5 Å². The maximum absolute atomic E-state index is 12.8. The Kier molecular flexibility index (Phi) is 5.74. The minimum Gasteiger partial charge on any atom is -0.343 e. The lowest BCUT2D eigenvalue weighted by molar-refractivity contribution is -0.138. The van der Waals surface area contributed by atoms with E-state index >= 15 is 0 Å². The molecular formula is C15H16ClF3N4O3. The normalized spacial score (nSPS) is 13.1. The lowest BCUT2D eigenvalue weighted by atomic mass is 10.2. The van der Waals surface area contributed by atoms with E-state index in [1.54, 1.807) is 6.92 Å². The summed E-state index contributed by atoms with van der Waals surface area (Å²) in [6, 6.07) is -0.160. The van der Waals surface area contributed by atoms with Crippen LogP contribution in [0.3, 0.4) is 0 Å². The van der Waals surface area contributed by atoms with Crippen molar-refractivity contribution in [2.45, 2.75) is 45.5 Å². The molecule has 7 nitrogen and oxygen atoms in total. The summed E-state index contributed by atoms with van der Waals surface area (Å²) in [7, 11) is 0. The second kappa shape index (κ2) is 7.48. The van der Waals surface area contributed by atoms with E-state index in [1.165, 1.54) is 0 Å². The number of rotatable bonds is 5. The highest BCUT2D eigenvalue weighted by Gasteiger charge is 2.32. The van der Waals surface area contributed by atoms with Gasteiger partial charge in [0.1, 0.15) is 17.6 Å². The molecule has 2 heterocycles. The number of carbonyl (C=O) groups excluding carboxylic acids is 1. The molecule has 0 aliphatic heterocycles. The molecule has 0 saturated carbocycles. The monoisotopic (exact) mass is 392 g/mol. The maximum Gasteiger partial charge on any atom is 0.417 e. The van der Waals surface area contributed by atoms with E-state index in [4.69, 9.17) is 16.1 Å². The van der Waals surface area contributed by atoms with Crippen LogP contribution in [0.1, 0.15) is 50.0 Å². The van der Waals surface area contributed by atoms with Crippen LogP contribution in [0.4, 0.5) is 13.2 Å². The molecule has 1 unspecified atom stereocenters. The highest BCUT2D eigenvalue weighted by molar-refractivity contribution is 6.30. The van der Waals surface area contributed by atoms with Crippen LogP contribution in [0.15, 0.2) is 21.6 Å². The molecule has 0 aliphatic carbocycles. The number of nitrogens with zero attached hydrogens (tertiary/aromatic N) is 3. The summed E-state index contributed by atoms with van der Waals surface area (Å²) in [4.78, 5) is 28.1. The Morgan fingerprint density at radius 2 is 2.04 bits per heavy atom. The number of hydrogen-bond acceptors (Lipinski definition) is 5. The summed E-state index contributed by atoms with van der Waals surface area (Å²) >= 11 is 5.54. The molecule has 26 heavy (non-hydrogen) atoms. The first-order valence-electron chi connectivity index (χ1n) is 7.59. The molecule has 0 saturated heterocycles. The third-order valence-electron chi connectivity index (χ3n) is 3.41. The van der Waals surface area contributed by atoms with Gasteiger partial charge in [-0.2, -0.15) is 18.2 Å². The molecule has 0 fully saturated rings. The molecule has 0 aliphatic rings. The predicted octanol–water partition coefficient (Wildman–Crippen LogP) is 2.90. The first-order valence-corrected chi connectivity index (χ1v) is 7.97. The van der Waals surface area contributed by atoms with E-state index in [0.29, 0.717) is 22.7 Å². The van der Waals surface area contributed by atoms with Crippen molar-refractivity contribution in [1.82, 2.24) is 20.0 Å². The summed E-state index contributed by atoms with van der Waals surface area (Å²) in [6.45, 7) is 4.65. The molecule has 1 atom stereocenters. The van der Waals surface area contributed by atoms with E-state index < -0.39 is 40.8 Å². The Bertz CT molecular complexity index is 861. The summed E-state index contributed by atoms with van der Waals surface area (Å²) in [5.41, 5.74) is -2.02. The molecule has 2 aromatic rings. The van der Waals surface area contributed by atoms with Gasteiger partial charge in [0.05, 0.1) is 5.56 Å². The molecular weight excluding hydrogens is 377 g/mol. The molecule has 1 N–H and O–H groups in total. The molecule has 11 heteroatoms. The Balaban J connectivity index is 2.14. The van der Waals surface area contributed by atoms with E-state index in [-0.39, 0.29) is 11.8 Å². The largest absolute Gasteiger partial charge is 0.417 e. The lowest BCUT2D eigenvalue weighted by Gasteiger charge is -2.13. The summed E-state index contributed by atoms with van der Waals surface area (Å²) in [6.07, 6.45) is -4.15. The quantitative estimate of drug-likeness (QED) is 0.845. The zero-order chi connectivity index (χ0) is 19.6. The van der Waals surface area contributed by atoms with Gasteiger partial charge in [-0.15, -0.1) is 0 Å². The van der Waals surface area contributed by atoms with Crippen molar-refractivity contribution in [2.75, 3.05) is 0 Å². The number of nitrogens with one attached hydrogen (secondary N) is 1. The number of halogens is 4. The SMILES string of the molecule is CC(C)c1noc(C(C)NC(=O)Cn2cc(C(F)(F)F)cc(Cl)c2=O)n1. The Morgan fingerprint density at radius 1 is 1.38 bits per heavy atom. The lowest BCUT2D eigenvalue weighted by Crippen LogP contribution is -2.34. The van der Waals surface area contributed by atoms with Crippen LogP contribution >= 0.6 is 11.6 Å². The van der Waals surface area contributed by atoms with Gasteiger partial charge in [-0.25, -0.2) is 0 Å². The van der Waals surface area contributed by atoms with Crippen molar-refractivity contribution >= 4 is 17.5 Å². The van der Waals surface area contributed by atoms with E-state index in [1.807, 2.05) is 13.8 Å². The van der Waals surface area contributed by atoms with Gasteiger partial charge in [0.2, 0.25) is 11.8 Å². The van der Waals surface area contributed by atoms with E-state index in [0.717, 1.165) is 0 Å². The second-order valence-electron chi connectivity index (χ2n) is 5.94. The zero-order valence-electron chi connectivity index (χ0n) is 14.1. The molecule has 2 rings (SSSR count). The molecule has 0 aromatic carbocycles. The average molecular weight is 393 g/mol. The van der Waals surface area contributed by atoms with Gasteiger partial charge in [-0.1, -0.05) is 30.6 Å². The first kappa shape index (κ1) is 20.0. The van der Waals surface area contributed by atoms with Crippen molar-refractivity contribution in [3.05, 3.63) is 44.9 Å². The fourth-order valence-corrected chi connectivity index (χ4v) is 2.26. The number of amides is 1. The molecule has 142 valence electrons. The molecule has 0 bridgehead atoms. The Morgan fingerprint density at radius 3 is 2.58 bits per heavy atom. The smallest absolute Gasteiger partial charge is 0.343 e. The second-order valence-corrected chi connectivity index (χ2v) is 6.35. The van der Waals surface area contributed by atoms with Crippen molar-refractivity contribution in [3.8, 4) is 0 Å². The zero-order valence-corrected chi connectivity index (χ0v) is 14.9. The molecule has 0 spiro atoms. The highest BCUT2D eigenvalue weighted by atomic mass is 35.5. The summed E-state index contributed by atoms with van der Waals surface area (Å²) in [5.74, 6) is -0.0704. The number of aromatic nitrogens is 3. The maximum atomic E-state index is 12.8. The van der Waals surface area contributed by atoms with Crippen LogP contribution in [0, 0.1) is 0 Å². The number of hydrogen-bond donors (Lipinski definition) is 1. The van der Waals surface area contributed by atoms with Crippen LogP contribution in [-0.2, 0) is 17.5 Å². The topological polar surface area (TPSA) is 90.0 Å². The fraction of sp³-hybridized carbons (Fsp3) is 0.467. The number of alkyl halides is 3. The summed E-state index contributed by atoms with van der Waals surface area (Å²) in [5, 5.41) is 5.61. The highest BCUT2D eigenvalue weighted by Crippen LogP contribution is 2.29. The first-order chi connectivity index (χ1) is 12.0. The van der Waals surface area contributed by atoms with Gasteiger partial charge < -0.3 is 14.4 Å². The van der Waals surface area contributed by atoms with Gasteiger partial charge in [-0.3, -0.25) is 9.59 Å². The van der Waals surface area contributed by atoms with Gasteiger partial charge in [0, 0.05) is 12.1 Å². The number of pyridine rings is 1. The van der Waals surface area contributed by atoms with Crippen molar-refractivity contribution in [2.24, 2.45) is 0 Å². The van der Waals surface area contributed by atoms with Crippen LogP contribution in [0.5, 0.6) is 0 Å². The minimum atomic E-state index is -4.69. The van der Waals surface area contributed by atoms with Crippen molar-refractivity contribution in [3.63, 3.8) is 0 Å². The van der Waals surface area contributed by atoms with E-state index in [2.05, 4.69) is 15.5 Å². The Hall–Kier alpha value is -2.36. The predicted molar refractivity (Wildman–Crippen MR) is 85.7 cm³/mol. The van der Waals surface area contributed by atoms with Gasteiger partial charge >= 0.3 is 6.18 Å². The van der Waals surface area contributed by atoms with Gasteiger partial charge in [0.15, 0.2) is 5.82 Å². The average Bonchev–Trinajstić information content (AvgIpc) is 3.00. The van der Waals surface area contributed by atoms with E-state index in [9.17, 15) is 22.8 Å². The fourth-order valence-electron chi connectivity index (χ4n) is 2.03. The van der Waals surface area contributed by atoms with Gasteiger partial charge in [-0.05, 0) is 13.0 Å². The molecule has 2 aromatic heterocycles. The van der Waals surface area contributed by atoms with Crippen LogP contribution < -0.4 is 10.9 Å². The number of carbonyl (C=O) groups is 1. The Labute approximate surface area is 151 Å². The third kappa shape index (κ3) is 4.63. The minimum absolute atomic E-state index is 0.0289. The van der Waals surface area contributed by atoms with Crippen molar-refractivity contribution in [1.29, 1.82) is 0 Å². The third-order valence-corrected chi connectivity index (χ3v) is 3.68. The standard InChI is InChI=1S/C15H16ClF3N4O3/c1-7(2)12-21-13(26-22-12)8(3)20-11(24)6-23-5-9(15(17,18)19)4-10(16)14(23)25/h4-5,7-8H,6H2,1-3H3,(H,20,24). The molecule has 1 amide bonds. The van der Waals surface area contributed by atoms with Gasteiger partial charge in [0.25, 0.3) is 5.56 Å². The van der Waals surface area contributed by atoms with Crippen LogP contribution in [0.2, 0.25) is 5.02 Å². The molecule has 0 radical (unpaired) electrons. The summed E-state index contributed by atoms with van der Waals surface area (Å²) < 4.78 is 44.1. The van der Waals surface area contributed by atoms with Crippen LogP contribution in [-0.4, -0.2) is 20.6 Å². The van der Waals surface area contributed by atoms with Crippen LogP contribution in [0.25, 0.3) is 0 Å².